The molecule has 0 spiro atoms. The Bertz CT molecular complexity index is 454. The van der Waals surface area contributed by atoms with E-state index in [2.05, 4.69) is 15.0 Å². The van der Waals surface area contributed by atoms with Crippen molar-refractivity contribution >= 4 is 0 Å². The third kappa shape index (κ3) is 2.61. The molecular weight excluding hydrogens is 200 g/mol. The van der Waals surface area contributed by atoms with Gasteiger partial charge in [-0.15, -0.1) is 0 Å². The minimum atomic E-state index is 0.111. The second-order valence-corrected chi connectivity index (χ2v) is 3.81. The van der Waals surface area contributed by atoms with Crippen molar-refractivity contribution in [1.82, 2.24) is 15.0 Å². The molecule has 0 fully saturated rings. The van der Waals surface area contributed by atoms with Crippen molar-refractivity contribution in [2.45, 2.75) is 19.4 Å². The maximum absolute atomic E-state index is 5.74. The molecule has 0 radical (unpaired) electrons. The van der Waals surface area contributed by atoms with Crippen LogP contribution in [0.25, 0.3) is 11.3 Å². The lowest BCUT2D eigenvalue weighted by atomic mass is 10.1. The first kappa shape index (κ1) is 10.7. The Balaban J connectivity index is 2.29. The second kappa shape index (κ2) is 4.81. The van der Waals surface area contributed by atoms with Crippen LogP contribution in [0, 0.1) is 0 Å². The second-order valence-electron chi connectivity index (χ2n) is 3.81. The van der Waals surface area contributed by atoms with Gasteiger partial charge in [0.2, 0.25) is 0 Å². The van der Waals surface area contributed by atoms with Crippen molar-refractivity contribution in [2.75, 3.05) is 0 Å². The van der Waals surface area contributed by atoms with Gasteiger partial charge in [-0.25, -0.2) is 9.97 Å². The molecule has 0 amide bonds. The Hall–Kier alpha value is -1.81. The summed E-state index contributed by atoms with van der Waals surface area (Å²) in [6.45, 7) is 1.97. The first-order valence-electron chi connectivity index (χ1n) is 5.22. The predicted molar refractivity (Wildman–Crippen MR) is 62.6 cm³/mol. The van der Waals surface area contributed by atoms with Crippen LogP contribution in [0.5, 0.6) is 0 Å². The lowest BCUT2D eigenvalue weighted by Crippen LogP contribution is -2.18. The highest BCUT2D eigenvalue weighted by molar-refractivity contribution is 5.57. The summed E-state index contributed by atoms with van der Waals surface area (Å²) in [5, 5.41) is 0. The third-order valence-corrected chi connectivity index (χ3v) is 2.23. The van der Waals surface area contributed by atoms with E-state index < -0.39 is 0 Å². The molecule has 2 rings (SSSR count). The smallest absolute Gasteiger partial charge is 0.116 e. The number of nitrogens with zero attached hydrogens (tertiary/aromatic N) is 3. The van der Waals surface area contributed by atoms with Gasteiger partial charge in [-0.05, 0) is 25.1 Å². The van der Waals surface area contributed by atoms with Crippen molar-refractivity contribution in [3.63, 3.8) is 0 Å². The molecule has 0 aromatic carbocycles. The Morgan fingerprint density at radius 1 is 1.25 bits per heavy atom. The van der Waals surface area contributed by atoms with Gasteiger partial charge in [0.15, 0.2) is 0 Å². The van der Waals surface area contributed by atoms with E-state index in [1.165, 1.54) is 0 Å². The summed E-state index contributed by atoms with van der Waals surface area (Å²) in [6.07, 6.45) is 5.85. The molecule has 2 N–H and O–H groups in total. The van der Waals surface area contributed by atoms with E-state index in [0.29, 0.717) is 0 Å². The molecule has 1 atom stereocenters. The van der Waals surface area contributed by atoms with E-state index in [9.17, 15) is 0 Å². The van der Waals surface area contributed by atoms with Crippen LogP contribution >= 0.6 is 0 Å². The van der Waals surface area contributed by atoms with Gasteiger partial charge >= 0.3 is 0 Å². The fourth-order valence-electron chi connectivity index (χ4n) is 1.52. The zero-order chi connectivity index (χ0) is 11.4. The largest absolute Gasteiger partial charge is 0.328 e. The number of hydrogen-bond donors (Lipinski definition) is 1. The van der Waals surface area contributed by atoms with Gasteiger partial charge in [-0.2, -0.15) is 0 Å². The van der Waals surface area contributed by atoms with E-state index in [1.54, 1.807) is 18.7 Å². The van der Waals surface area contributed by atoms with Crippen LogP contribution in [-0.4, -0.2) is 21.0 Å². The summed E-state index contributed by atoms with van der Waals surface area (Å²) < 4.78 is 0. The lowest BCUT2D eigenvalue weighted by Gasteiger charge is -2.05. The van der Waals surface area contributed by atoms with E-state index in [4.69, 9.17) is 5.73 Å². The first-order chi connectivity index (χ1) is 7.75. The molecule has 0 aliphatic rings. The van der Waals surface area contributed by atoms with Crippen molar-refractivity contribution in [2.24, 2.45) is 5.73 Å². The molecule has 0 saturated carbocycles. The SMILES string of the molecule is CC(N)Cc1cc(-c2ccncc2)ncn1. The highest BCUT2D eigenvalue weighted by Gasteiger charge is 2.03. The molecular formula is C12H14N4. The van der Waals surface area contributed by atoms with Crippen LogP contribution in [-0.2, 0) is 6.42 Å². The molecule has 82 valence electrons. The Morgan fingerprint density at radius 3 is 2.69 bits per heavy atom. The van der Waals surface area contributed by atoms with Crippen molar-refractivity contribution in [3.8, 4) is 11.3 Å². The highest BCUT2D eigenvalue weighted by atomic mass is 14.8. The number of nitrogens with two attached hydrogens (primary N) is 1. The van der Waals surface area contributed by atoms with Gasteiger partial charge in [0, 0.05) is 36.1 Å². The molecule has 4 heteroatoms. The van der Waals surface area contributed by atoms with Crippen LogP contribution in [0.1, 0.15) is 12.6 Å². The van der Waals surface area contributed by atoms with Crippen LogP contribution in [0.3, 0.4) is 0 Å². The molecule has 1 unspecified atom stereocenters. The summed E-state index contributed by atoms with van der Waals surface area (Å²) in [6, 6.07) is 5.94. The predicted octanol–water partition coefficient (Wildman–Crippen LogP) is 1.43. The summed E-state index contributed by atoms with van der Waals surface area (Å²) in [5.41, 5.74) is 8.67. The van der Waals surface area contributed by atoms with E-state index in [-0.39, 0.29) is 6.04 Å². The zero-order valence-corrected chi connectivity index (χ0v) is 9.17. The van der Waals surface area contributed by atoms with Gasteiger partial charge in [0.05, 0.1) is 5.69 Å². The average Bonchev–Trinajstić information content (AvgIpc) is 2.30. The molecule has 4 nitrogen and oxygen atoms in total. The molecule has 0 bridgehead atoms. The summed E-state index contributed by atoms with van der Waals surface area (Å²) in [7, 11) is 0. The molecule has 0 saturated heterocycles. The number of rotatable bonds is 3. The molecule has 2 aromatic rings. The number of pyridine rings is 1. The van der Waals surface area contributed by atoms with E-state index in [1.807, 2.05) is 25.1 Å². The first-order valence-corrected chi connectivity index (χ1v) is 5.22. The minimum Gasteiger partial charge on any atom is -0.328 e. The summed E-state index contributed by atoms with van der Waals surface area (Å²) in [5.74, 6) is 0. The van der Waals surface area contributed by atoms with E-state index in [0.717, 1.165) is 23.4 Å². The Kier molecular flexibility index (Phi) is 3.22. The normalized spacial score (nSPS) is 12.4. The molecule has 2 heterocycles. The van der Waals surface area contributed by atoms with Crippen LogP contribution in [0.2, 0.25) is 0 Å². The van der Waals surface area contributed by atoms with Gasteiger partial charge in [-0.1, -0.05) is 0 Å². The van der Waals surface area contributed by atoms with Crippen LogP contribution in [0.4, 0.5) is 0 Å². The van der Waals surface area contributed by atoms with E-state index >= 15 is 0 Å². The minimum absolute atomic E-state index is 0.111. The van der Waals surface area contributed by atoms with Gasteiger partial charge < -0.3 is 5.73 Å². The number of hydrogen-bond acceptors (Lipinski definition) is 4. The average molecular weight is 214 g/mol. The summed E-state index contributed by atoms with van der Waals surface area (Å²) >= 11 is 0. The molecule has 16 heavy (non-hydrogen) atoms. The standard InChI is InChI=1S/C12H14N4/c1-9(13)6-11-7-12(16-8-15-11)10-2-4-14-5-3-10/h2-5,7-9H,6,13H2,1H3. The van der Waals surface area contributed by atoms with Gasteiger partial charge in [0.25, 0.3) is 0 Å². The van der Waals surface area contributed by atoms with Crippen LogP contribution < -0.4 is 5.73 Å². The Morgan fingerprint density at radius 2 is 2.00 bits per heavy atom. The van der Waals surface area contributed by atoms with Crippen molar-refractivity contribution < 1.29 is 0 Å². The topological polar surface area (TPSA) is 64.7 Å². The van der Waals surface area contributed by atoms with Gasteiger partial charge in [-0.3, -0.25) is 4.98 Å². The lowest BCUT2D eigenvalue weighted by molar-refractivity contribution is 0.720. The van der Waals surface area contributed by atoms with Crippen molar-refractivity contribution in [3.05, 3.63) is 42.6 Å². The van der Waals surface area contributed by atoms with Gasteiger partial charge in [0.1, 0.15) is 6.33 Å². The van der Waals surface area contributed by atoms with Crippen LogP contribution in [0.15, 0.2) is 36.9 Å². The monoisotopic (exact) mass is 214 g/mol. The molecule has 0 aliphatic carbocycles. The zero-order valence-electron chi connectivity index (χ0n) is 9.17. The quantitative estimate of drug-likeness (QED) is 0.839. The summed E-state index contributed by atoms with van der Waals surface area (Å²) in [4.78, 5) is 12.4. The maximum Gasteiger partial charge on any atom is 0.116 e. The maximum atomic E-state index is 5.74. The van der Waals surface area contributed by atoms with Crippen molar-refractivity contribution in [1.29, 1.82) is 0 Å². The molecule has 0 aliphatic heterocycles. The third-order valence-electron chi connectivity index (χ3n) is 2.23. The Labute approximate surface area is 94.6 Å². The highest BCUT2D eigenvalue weighted by Crippen LogP contribution is 2.15. The fourth-order valence-corrected chi connectivity index (χ4v) is 1.52. The number of aromatic nitrogens is 3. The fraction of sp³-hybridized carbons (Fsp3) is 0.250. The molecule has 2 aromatic heterocycles.